The number of allylic oxidation sites excluding steroid dienone is 2. The van der Waals surface area contributed by atoms with Crippen molar-refractivity contribution < 1.29 is 51.3 Å². The van der Waals surface area contributed by atoms with Crippen molar-refractivity contribution in [3.63, 3.8) is 0 Å². The minimum absolute atomic E-state index is 0.0306. The Kier molecular flexibility index (Phi) is 9.61. The van der Waals surface area contributed by atoms with Gasteiger partial charge in [0.15, 0.2) is 0 Å². The first-order valence-corrected chi connectivity index (χ1v) is 14.5. The van der Waals surface area contributed by atoms with E-state index in [1.807, 2.05) is 25.1 Å². The van der Waals surface area contributed by atoms with Gasteiger partial charge in [-0.05, 0) is 99.0 Å². The first-order valence-electron chi connectivity index (χ1n) is 14.5. The topological polar surface area (TPSA) is 98.1 Å². The van der Waals surface area contributed by atoms with E-state index >= 15 is 0 Å². The van der Waals surface area contributed by atoms with E-state index in [1.54, 1.807) is 20.8 Å². The zero-order valence-corrected chi connectivity index (χ0v) is 25.2. The van der Waals surface area contributed by atoms with Gasteiger partial charge in [-0.3, -0.25) is 9.59 Å². The highest BCUT2D eigenvalue weighted by molar-refractivity contribution is 6.22. The second kappa shape index (κ2) is 12.6. The number of aliphatic hydroxyl groups excluding tert-OH is 2. The number of alkyl halides is 6. The van der Waals surface area contributed by atoms with Crippen LogP contribution < -0.4 is 4.90 Å². The van der Waals surface area contributed by atoms with Crippen molar-refractivity contribution in [2.75, 3.05) is 11.5 Å². The molecule has 12 heteroatoms. The number of aliphatic hydroxyl groups is 2. The third kappa shape index (κ3) is 6.81. The smallest absolute Gasteiger partial charge is 0.416 e. The fourth-order valence-electron chi connectivity index (χ4n) is 6.57. The molecule has 1 aliphatic heterocycles. The van der Waals surface area contributed by atoms with Crippen LogP contribution in [-0.2, 0) is 21.9 Å². The molecular formula is C33H35F6NO5. The van der Waals surface area contributed by atoms with E-state index in [-0.39, 0.29) is 24.7 Å². The van der Waals surface area contributed by atoms with Gasteiger partial charge in [-0.1, -0.05) is 24.1 Å². The minimum Gasteiger partial charge on any atom is -0.507 e. The summed E-state index contributed by atoms with van der Waals surface area (Å²) in [4.78, 5) is 27.5. The van der Waals surface area contributed by atoms with Crippen molar-refractivity contribution in [3.05, 3.63) is 74.9 Å². The van der Waals surface area contributed by atoms with E-state index < -0.39 is 71.4 Å². The summed E-state index contributed by atoms with van der Waals surface area (Å²) < 4.78 is 81.2. The lowest BCUT2D eigenvalue weighted by molar-refractivity contribution is -0.143. The fraction of sp³-hybridized carbons (Fsp3) is 0.455. The summed E-state index contributed by atoms with van der Waals surface area (Å²) in [5.41, 5.74) is -0.0235. The summed E-state index contributed by atoms with van der Waals surface area (Å²) in [6, 6.07) is 4.24. The first kappa shape index (κ1) is 34.2. The Morgan fingerprint density at radius 2 is 1.53 bits per heavy atom. The zero-order valence-electron chi connectivity index (χ0n) is 25.2. The third-order valence-electron chi connectivity index (χ3n) is 8.74. The molecule has 4 rings (SSSR count). The molecule has 2 aliphatic rings. The number of fused-ring (bicyclic) bond motifs is 1. The molecule has 244 valence electrons. The summed E-state index contributed by atoms with van der Waals surface area (Å²) >= 11 is 0. The van der Waals surface area contributed by atoms with Crippen LogP contribution in [0, 0.1) is 31.6 Å². The maximum absolute atomic E-state index is 13.7. The Balaban J connectivity index is 1.64. The van der Waals surface area contributed by atoms with Crippen LogP contribution in [0.3, 0.4) is 0 Å². The van der Waals surface area contributed by atoms with Crippen molar-refractivity contribution in [2.24, 2.45) is 17.8 Å². The van der Waals surface area contributed by atoms with E-state index in [0.717, 1.165) is 11.1 Å². The van der Waals surface area contributed by atoms with Crippen LogP contribution in [0.2, 0.25) is 0 Å². The number of phenols is 1. The standard InChI is InChI=1S/C33H35F6NO5/c1-5-20-11-24-28(31(45)40(30(24)44)23-13-21(32(34,35)36)12-22(14-23)33(37,38)39)25(15-41)27(20)26(42)7-6-16(2)8-19-9-17(3)29(43)18(4)10-19/h8-10,12-14,24-26,28,41-43H,5-7,11,15H2,1-4H3/b16-8+/t24-,25+,26-,28-/m1/s1. The summed E-state index contributed by atoms with van der Waals surface area (Å²) in [5, 5.41) is 31.8. The molecule has 2 aromatic rings. The third-order valence-corrected chi connectivity index (χ3v) is 8.74. The van der Waals surface area contributed by atoms with Crippen LogP contribution in [0.1, 0.15) is 67.3 Å². The number of carbonyl (C=O) groups excluding carboxylic acids is 2. The quantitative estimate of drug-likeness (QED) is 0.162. The van der Waals surface area contributed by atoms with Crippen LogP contribution in [0.5, 0.6) is 5.75 Å². The van der Waals surface area contributed by atoms with Gasteiger partial charge in [0.2, 0.25) is 11.8 Å². The molecular weight excluding hydrogens is 604 g/mol. The van der Waals surface area contributed by atoms with Crippen molar-refractivity contribution in [1.82, 2.24) is 0 Å². The van der Waals surface area contributed by atoms with Crippen LogP contribution in [0.25, 0.3) is 6.08 Å². The van der Waals surface area contributed by atoms with E-state index in [2.05, 4.69) is 0 Å². The summed E-state index contributed by atoms with van der Waals surface area (Å²) in [5.74, 6) is -5.22. The number of aryl methyl sites for hydroxylation is 2. The van der Waals surface area contributed by atoms with Crippen LogP contribution >= 0.6 is 0 Å². The molecule has 0 spiro atoms. The van der Waals surface area contributed by atoms with Gasteiger partial charge >= 0.3 is 12.4 Å². The van der Waals surface area contributed by atoms with Crippen LogP contribution in [-0.4, -0.2) is 39.8 Å². The Morgan fingerprint density at radius 3 is 2.02 bits per heavy atom. The lowest BCUT2D eigenvalue weighted by Gasteiger charge is -2.36. The number of imide groups is 1. The van der Waals surface area contributed by atoms with E-state index in [9.17, 15) is 51.3 Å². The lowest BCUT2D eigenvalue weighted by Crippen LogP contribution is -2.39. The number of phenolic OH excluding ortho intramolecular Hbond substituents is 1. The number of rotatable bonds is 8. The van der Waals surface area contributed by atoms with Gasteiger partial charge in [-0.2, -0.15) is 26.3 Å². The molecule has 1 fully saturated rings. The van der Waals surface area contributed by atoms with Crippen molar-refractivity contribution in [2.45, 2.75) is 71.8 Å². The number of benzene rings is 2. The van der Waals surface area contributed by atoms with Crippen LogP contribution in [0.4, 0.5) is 32.0 Å². The van der Waals surface area contributed by atoms with Crippen LogP contribution in [0.15, 0.2) is 47.1 Å². The van der Waals surface area contributed by atoms with Gasteiger partial charge in [0.1, 0.15) is 5.75 Å². The van der Waals surface area contributed by atoms with Gasteiger partial charge in [0, 0.05) is 5.92 Å². The number of amides is 2. The largest absolute Gasteiger partial charge is 0.507 e. The molecule has 1 heterocycles. The maximum Gasteiger partial charge on any atom is 0.416 e. The normalized spacial score (nSPS) is 21.9. The minimum atomic E-state index is -5.18. The zero-order chi connectivity index (χ0) is 33.6. The van der Waals surface area contributed by atoms with E-state index in [1.165, 1.54) is 0 Å². The fourth-order valence-corrected chi connectivity index (χ4v) is 6.57. The molecule has 2 amide bonds. The van der Waals surface area contributed by atoms with Crippen molar-refractivity contribution >= 4 is 23.6 Å². The highest BCUT2D eigenvalue weighted by atomic mass is 19.4. The van der Waals surface area contributed by atoms with Crippen molar-refractivity contribution in [3.8, 4) is 5.75 Å². The number of anilines is 1. The highest BCUT2D eigenvalue weighted by Gasteiger charge is 2.55. The number of halogens is 6. The molecule has 0 radical (unpaired) electrons. The predicted molar refractivity (Wildman–Crippen MR) is 155 cm³/mol. The molecule has 0 unspecified atom stereocenters. The molecule has 0 bridgehead atoms. The molecule has 3 N–H and O–H groups in total. The number of hydrogen-bond donors (Lipinski definition) is 3. The predicted octanol–water partition coefficient (Wildman–Crippen LogP) is 7.12. The molecule has 45 heavy (non-hydrogen) atoms. The SMILES string of the molecule is CCC1=C([C@H](O)CC/C(C)=C/c2cc(C)c(O)c(C)c2)[C@H](CO)[C@@H]2C(=O)N(c3cc(C(F)(F)F)cc(C(F)(F)F)c3)C(=O)[C@@H]2C1. The number of aromatic hydroxyl groups is 1. The molecule has 2 aromatic carbocycles. The lowest BCUT2D eigenvalue weighted by atomic mass is 9.67. The Bertz CT molecular complexity index is 1500. The molecule has 0 aromatic heterocycles. The average molecular weight is 640 g/mol. The first-order chi connectivity index (χ1) is 20.9. The summed E-state index contributed by atoms with van der Waals surface area (Å²) in [7, 11) is 0. The van der Waals surface area contributed by atoms with Gasteiger partial charge in [-0.15, -0.1) is 0 Å². The highest BCUT2D eigenvalue weighted by Crippen LogP contribution is 2.49. The van der Waals surface area contributed by atoms with Gasteiger partial charge in [0.25, 0.3) is 0 Å². The van der Waals surface area contributed by atoms with Gasteiger partial charge in [-0.25, -0.2) is 4.90 Å². The maximum atomic E-state index is 13.7. The van der Waals surface area contributed by atoms with Gasteiger partial charge in [0.05, 0.1) is 41.4 Å². The molecule has 4 atom stereocenters. The second-order valence-electron chi connectivity index (χ2n) is 11.9. The molecule has 6 nitrogen and oxygen atoms in total. The monoisotopic (exact) mass is 639 g/mol. The van der Waals surface area contributed by atoms with Gasteiger partial charge < -0.3 is 15.3 Å². The Morgan fingerprint density at radius 1 is 0.978 bits per heavy atom. The van der Waals surface area contributed by atoms with E-state index in [0.29, 0.717) is 52.1 Å². The summed E-state index contributed by atoms with van der Waals surface area (Å²) in [6.45, 7) is 6.52. The molecule has 1 aliphatic carbocycles. The average Bonchev–Trinajstić information content (AvgIpc) is 3.21. The number of nitrogens with zero attached hydrogens (tertiary/aromatic N) is 1. The number of carbonyl (C=O) groups is 2. The Hall–Kier alpha value is -3.64. The second-order valence-corrected chi connectivity index (χ2v) is 11.9. The van der Waals surface area contributed by atoms with Crippen molar-refractivity contribution in [1.29, 1.82) is 0 Å². The number of hydrogen-bond acceptors (Lipinski definition) is 5. The summed E-state index contributed by atoms with van der Waals surface area (Å²) in [6.07, 6.45) is -8.66. The van der Waals surface area contributed by atoms with E-state index in [4.69, 9.17) is 0 Å². The Labute approximate surface area is 256 Å². The molecule has 0 saturated carbocycles. The molecule has 1 saturated heterocycles.